The van der Waals surface area contributed by atoms with Crippen LogP contribution in [0.25, 0.3) is 0 Å². The molecule has 17 heavy (non-hydrogen) atoms. The van der Waals surface area contributed by atoms with Crippen LogP contribution in [0.15, 0.2) is 18.2 Å². The fraction of sp³-hybridized carbons (Fsp3) is 0.222. The predicted octanol–water partition coefficient (Wildman–Crippen LogP) is 1.47. The van der Waals surface area contributed by atoms with Crippen LogP contribution in [0.5, 0.6) is 0 Å². The first-order valence-corrected chi connectivity index (χ1v) is 7.06. The molecule has 94 valence electrons. The second kappa shape index (κ2) is 5.74. The minimum atomic E-state index is -4.19. The zero-order valence-corrected chi connectivity index (χ0v) is 11.4. The van der Waals surface area contributed by atoms with Gasteiger partial charge < -0.3 is 4.74 Å². The molecule has 1 aromatic rings. The maximum absolute atomic E-state index is 13.2. The van der Waals surface area contributed by atoms with Gasteiger partial charge in [0, 0.05) is 3.57 Å². The SMILES string of the molecule is O=C(OCCS(=O)(=O)O)c1cc(I)ccc1F. The standard InChI is InChI=1S/C9H8FIO5S/c10-8-2-1-6(11)5-7(8)9(12)16-3-4-17(13,14)15/h1-2,5H,3-4H2,(H,13,14,15). The Morgan fingerprint density at radius 3 is 2.71 bits per heavy atom. The molecule has 0 bridgehead atoms. The third-order valence-corrected chi connectivity index (χ3v) is 3.08. The summed E-state index contributed by atoms with van der Waals surface area (Å²) in [6, 6.07) is 3.87. The van der Waals surface area contributed by atoms with Crippen molar-refractivity contribution in [1.82, 2.24) is 0 Å². The highest BCUT2D eigenvalue weighted by atomic mass is 127. The van der Waals surface area contributed by atoms with Crippen molar-refractivity contribution in [1.29, 1.82) is 0 Å². The summed E-state index contributed by atoms with van der Waals surface area (Å²) in [4.78, 5) is 11.4. The molecular formula is C9H8FIO5S. The minimum Gasteiger partial charge on any atom is -0.461 e. The number of carbonyl (C=O) groups is 1. The van der Waals surface area contributed by atoms with E-state index in [2.05, 4.69) is 4.74 Å². The average Bonchev–Trinajstić information content (AvgIpc) is 2.19. The Morgan fingerprint density at radius 2 is 2.12 bits per heavy atom. The molecule has 0 saturated heterocycles. The second-order valence-corrected chi connectivity index (χ2v) is 5.86. The molecule has 0 unspecified atom stereocenters. The topological polar surface area (TPSA) is 80.7 Å². The first kappa shape index (κ1) is 14.3. The van der Waals surface area contributed by atoms with Gasteiger partial charge in [0.15, 0.2) is 0 Å². The van der Waals surface area contributed by atoms with Crippen molar-refractivity contribution < 1.29 is 26.9 Å². The first-order chi connectivity index (χ1) is 7.79. The van der Waals surface area contributed by atoms with E-state index in [0.717, 1.165) is 6.07 Å². The van der Waals surface area contributed by atoms with Gasteiger partial charge in [-0.1, -0.05) is 0 Å². The van der Waals surface area contributed by atoms with Crippen molar-refractivity contribution in [2.45, 2.75) is 0 Å². The Morgan fingerprint density at radius 1 is 1.47 bits per heavy atom. The molecular weight excluding hydrogens is 366 g/mol. The van der Waals surface area contributed by atoms with Crippen molar-refractivity contribution in [2.24, 2.45) is 0 Å². The van der Waals surface area contributed by atoms with Crippen LogP contribution in [0.1, 0.15) is 10.4 Å². The number of rotatable bonds is 4. The molecule has 0 aliphatic carbocycles. The summed E-state index contributed by atoms with van der Waals surface area (Å²) in [5, 5.41) is 0. The van der Waals surface area contributed by atoms with Gasteiger partial charge in [0.1, 0.15) is 18.2 Å². The molecule has 0 aliphatic heterocycles. The van der Waals surface area contributed by atoms with E-state index in [-0.39, 0.29) is 5.56 Å². The smallest absolute Gasteiger partial charge is 0.341 e. The summed E-state index contributed by atoms with van der Waals surface area (Å²) in [5.74, 6) is -2.43. The van der Waals surface area contributed by atoms with E-state index in [1.54, 1.807) is 0 Å². The number of esters is 1. The lowest BCUT2D eigenvalue weighted by molar-refractivity contribution is 0.0523. The molecule has 8 heteroatoms. The van der Waals surface area contributed by atoms with Crippen LogP contribution in [0.3, 0.4) is 0 Å². The van der Waals surface area contributed by atoms with Crippen LogP contribution in [0.4, 0.5) is 4.39 Å². The van der Waals surface area contributed by atoms with Crippen molar-refractivity contribution in [3.63, 3.8) is 0 Å². The van der Waals surface area contributed by atoms with Crippen molar-refractivity contribution in [3.05, 3.63) is 33.1 Å². The largest absolute Gasteiger partial charge is 0.461 e. The fourth-order valence-corrected chi connectivity index (χ4v) is 1.76. The van der Waals surface area contributed by atoms with Crippen LogP contribution in [0, 0.1) is 9.39 Å². The van der Waals surface area contributed by atoms with Gasteiger partial charge >= 0.3 is 5.97 Å². The van der Waals surface area contributed by atoms with Crippen molar-refractivity contribution in [2.75, 3.05) is 12.4 Å². The Labute approximate surface area is 111 Å². The lowest BCUT2D eigenvalue weighted by Gasteiger charge is -2.04. The molecule has 1 rings (SSSR count). The normalized spacial score (nSPS) is 11.2. The molecule has 0 radical (unpaired) electrons. The Hall–Kier alpha value is -0.740. The van der Waals surface area contributed by atoms with Gasteiger partial charge in [0.25, 0.3) is 10.1 Å². The Kier molecular flexibility index (Phi) is 4.83. The molecule has 0 heterocycles. The molecule has 0 aliphatic rings. The van der Waals surface area contributed by atoms with Crippen LogP contribution >= 0.6 is 22.6 Å². The highest BCUT2D eigenvalue weighted by Gasteiger charge is 2.14. The average molecular weight is 374 g/mol. The molecule has 0 aromatic heterocycles. The predicted molar refractivity (Wildman–Crippen MR) is 65.8 cm³/mol. The van der Waals surface area contributed by atoms with E-state index < -0.39 is 34.3 Å². The van der Waals surface area contributed by atoms with Crippen LogP contribution in [-0.4, -0.2) is 31.3 Å². The zero-order chi connectivity index (χ0) is 13.1. The van der Waals surface area contributed by atoms with Gasteiger partial charge in [-0.3, -0.25) is 4.55 Å². The Bertz CT molecular complexity index is 528. The third-order valence-electron chi connectivity index (χ3n) is 1.72. The van der Waals surface area contributed by atoms with Crippen molar-refractivity contribution in [3.8, 4) is 0 Å². The molecule has 5 nitrogen and oxygen atoms in total. The summed E-state index contributed by atoms with van der Waals surface area (Å²) >= 11 is 1.90. The molecule has 1 N–H and O–H groups in total. The van der Waals surface area contributed by atoms with E-state index in [9.17, 15) is 17.6 Å². The van der Waals surface area contributed by atoms with E-state index in [4.69, 9.17) is 4.55 Å². The van der Waals surface area contributed by atoms with E-state index in [0.29, 0.717) is 3.57 Å². The third kappa shape index (κ3) is 4.96. The molecule has 0 atom stereocenters. The number of halogens is 2. The van der Waals surface area contributed by atoms with E-state index in [1.165, 1.54) is 12.1 Å². The number of hydrogen-bond donors (Lipinski definition) is 1. The highest BCUT2D eigenvalue weighted by Crippen LogP contribution is 2.13. The van der Waals surface area contributed by atoms with Gasteiger partial charge in [-0.05, 0) is 40.8 Å². The van der Waals surface area contributed by atoms with Gasteiger partial charge in [-0.2, -0.15) is 8.42 Å². The molecule has 0 amide bonds. The monoisotopic (exact) mass is 374 g/mol. The fourth-order valence-electron chi connectivity index (χ4n) is 0.971. The van der Waals surface area contributed by atoms with Gasteiger partial charge in [0.05, 0.1) is 5.56 Å². The summed E-state index contributed by atoms with van der Waals surface area (Å²) in [6.07, 6.45) is 0. The maximum atomic E-state index is 13.2. The number of ether oxygens (including phenoxy) is 1. The van der Waals surface area contributed by atoms with Crippen LogP contribution < -0.4 is 0 Å². The van der Waals surface area contributed by atoms with E-state index in [1.807, 2.05) is 22.6 Å². The van der Waals surface area contributed by atoms with Crippen LogP contribution in [-0.2, 0) is 14.9 Å². The number of carbonyl (C=O) groups excluding carboxylic acids is 1. The quantitative estimate of drug-likeness (QED) is 0.491. The van der Waals surface area contributed by atoms with Gasteiger partial charge in [0.2, 0.25) is 0 Å². The van der Waals surface area contributed by atoms with Gasteiger partial charge in [-0.25, -0.2) is 9.18 Å². The summed E-state index contributed by atoms with van der Waals surface area (Å²) in [5.41, 5.74) is -0.271. The van der Waals surface area contributed by atoms with E-state index >= 15 is 0 Å². The van der Waals surface area contributed by atoms with Gasteiger partial charge in [-0.15, -0.1) is 0 Å². The highest BCUT2D eigenvalue weighted by molar-refractivity contribution is 14.1. The Balaban J connectivity index is 2.67. The van der Waals surface area contributed by atoms with Crippen LogP contribution in [0.2, 0.25) is 0 Å². The summed E-state index contributed by atoms with van der Waals surface area (Å²) < 4.78 is 47.5. The lowest BCUT2D eigenvalue weighted by Crippen LogP contribution is -2.15. The zero-order valence-electron chi connectivity index (χ0n) is 8.39. The summed E-state index contributed by atoms with van der Waals surface area (Å²) in [7, 11) is -4.19. The first-order valence-electron chi connectivity index (χ1n) is 4.37. The van der Waals surface area contributed by atoms with Crippen molar-refractivity contribution >= 4 is 38.7 Å². The molecule has 0 fully saturated rings. The molecule has 0 spiro atoms. The second-order valence-electron chi connectivity index (χ2n) is 3.05. The number of hydrogen-bond acceptors (Lipinski definition) is 4. The summed E-state index contributed by atoms with van der Waals surface area (Å²) in [6.45, 7) is -0.525. The minimum absolute atomic E-state index is 0.271. The maximum Gasteiger partial charge on any atom is 0.341 e. The molecule has 1 aromatic carbocycles. The molecule has 0 saturated carbocycles. The lowest BCUT2D eigenvalue weighted by atomic mass is 10.2. The number of benzene rings is 1.